The lowest BCUT2D eigenvalue weighted by Gasteiger charge is -2.07. The van der Waals surface area contributed by atoms with Gasteiger partial charge in [-0.1, -0.05) is 37.1 Å². The van der Waals surface area contributed by atoms with Gasteiger partial charge in [0.15, 0.2) is 0 Å². The Balaban J connectivity index is 1.35. The predicted octanol–water partition coefficient (Wildman–Crippen LogP) is 3.08. The third-order valence-electron chi connectivity index (χ3n) is 4.93. The fourth-order valence-corrected chi connectivity index (χ4v) is 3.14. The van der Waals surface area contributed by atoms with Crippen LogP contribution in [0, 0.1) is 0 Å². The Morgan fingerprint density at radius 1 is 0.625 bits per heavy atom. The van der Waals surface area contributed by atoms with Crippen LogP contribution >= 0.6 is 0 Å². The molecule has 0 atom stereocenters. The van der Waals surface area contributed by atoms with E-state index >= 15 is 0 Å². The molecule has 2 aromatic rings. The first-order chi connectivity index (χ1) is 15.5. The van der Waals surface area contributed by atoms with Crippen molar-refractivity contribution >= 4 is 11.8 Å². The molecule has 32 heavy (non-hydrogen) atoms. The molecule has 0 aliphatic heterocycles. The number of unbranched alkanes of at least 4 members (excludes halogenated alkanes) is 3. The van der Waals surface area contributed by atoms with Gasteiger partial charge in [0.25, 0.3) is 0 Å². The monoisotopic (exact) mass is 442 g/mol. The summed E-state index contributed by atoms with van der Waals surface area (Å²) < 4.78 is 5.60. The molecule has 174 valence electrons. The maximum Gasteiger partial charge on any atom is 0.224 e. The minimum absolute atomic E-state index is 0.00539. The quantitative estimate of drug-likeness (QED) is 0.317. The number of benzene rings is 2. The summed E-state index contributed by atoms with van der Waals surface area (Å²) in [7, 11) is 0. The Labute approximate surface area is 189 Å². The van der Waals surface area contributed by atoms with Gasteiger partial charge in [0.05, 0.1) is 12.8 Å². The molecule has 0 saturated carbocycles. The largest absolute Gasteiger partial charge is 0.508 e. The Bertz CT molecular complexity index is 737. The van der Waals surface area contributed by atoms with E-state index in [-0.39, 0.29) is 23.3 Å². The standard InChI is InChI=1S/C25H34N2O5/c28-22-10-6-20(7-11-22)18-24(30)26-14-3-1-2-4-16-32-17-5-15-27-25(31)19-21-8-12-23(29)13-9-21/h6-13,28-29H,1-5,14-19H2,(H,26,30)(H,27,31). The maximum atomic E-state index is 11.9. The van der Waals surface area contributed by atoms with Crippen molar-refractivity contribution in [2.45, 2.75) is 44.9 Å². The molecule has 0 aliphatic carbocycles. The number of ether oxygens (including phenoxy) is 1. The van der Waals surface area contributed by atoms with Gasteiger partial charge < -0.3 is 25.6 Å². The van der Waals surface area contributed by atoms with Gasteiger partial charge in [-0.05, 0) is 54.7 Å². The highest BCUT2D eigenvalue weighted by Gasteiger charge is 2.04. The van der Waals surface area contributed by atoms with Crippen molar-refractivity contribution in [3.05, 3.63) is 59.7 Å². The number of hydrogen-bond donors (Lipinski definition) is 4. The molecule has 0 bridgehead atoms. The zero-order valence-corrected chi connectivity index (χ0v) is 18.5. The van der Waals surface area contributed by atoms with E-state index < -0.39 is 0 Å². The molecule has 2 amide bonds. The van der Waals surface area contributed by atoms with Crippen LogP contribution in [0.15, 0.2) is 48.5 Å². The van der Waals surface area contributed by atoms with E-state index in [9.17, 15) is 19.8 Å². The summed E-state index contributed by atoms with van der Waals surface area (Å²) in [6.45, 7) is 2.57. The van der Waals surface area contributed by atoms with Crippen molar-refractivity contribution in [3.63, 3.8) is 0 Å². The minimum Gasteiger partial charge on any atom is -0.508 e. The first kappa shape index (κ1) is 25.2. The van der Waals surface area contributed by atoms with Crippen molar-refractivity contribution in [1.29, 1.82) is 0 Å². The average Bonchev–Trinajstić information content (AvgIpc) is 2.77. The van der Waals surface area contributed by atoms with Crippen LogP contribution in [0.2, 0.25) is 0 Å². The smallest absolute Gasteiger partial charge is 0.224 e. The molecule has 4 N–H and O–H groups in total. The van der Waals surface area contributed by atoms with E-state index in [4.69, 9.17) is 4.74 Å². The van der Waals surface area contributed by atoms with Gasteiger partial charge in [-0.2, -0.15) is 0 Å². The van der Waals surface area contributed by atoms with Crippen LogP contribution in [-0.4, -0.2) is 48.3 Å². The molecular formula is C25H34N2O5. The van der Waals surface area contributed by atoms with Crippen LogP contribution in [0.4, 0.5) is 0 Å². The lowest BCUT2D eigenvalue weighted by molar-refractivity contribution is -0.121. The summed E-state index contributed by atoms with van der Waals surface area (Å²) in [4.78, 5) is 23.7. The highest BCUT2D eigenvalue weighted by atomic mass is 16.5. The van der Waals surface area contributed by atoms with Crippen LogP contribution in [0.25, 0.3) is 0 Å². The van der Waals surface area contributed by atoms with E-state index in [2.05, 4.69) is 10.6 Å². The fourth-order valence-electron chi connectivity index (χ4n) is 3.14. The number of carbonyl (C=O) groups excluding carboxylic acids is 2. The van der Waals surface area contributed by atoms with Crippen LogP contribution in [-0.2, 0) is 27.2 Å². The Kier molecular flexibility index (Phi) is 11.7. The Hall–Kier alpha value is -3.06. The number of phenolic OH excluding ortho intramolecular Hbond substituents is 2. The molecule has 0 saturated heterocycles. The van der Waals surface area contributed by atoms with Crippen molar-refractivity contribution in [3.8, 4) is 11.5 Å². The van der Waals surface area contributed by atoms with E-state index in [1.165, 1.54) is 0 Å². The summed E-state index contributed by atoms with van der Waals surface area (Å²) in [5.41, 5.74) is 1.75. The molecule has 0 fully saturated rings. The van der Waals surface area contributed by atoms with Crippen LogP contribution in [0.5, 0.6) is 11.5 Å². The number of carbonyl (C=O) groups is 2. The number of rotatable bonds is 15. The number of aromatic hydroxyl groups is 2. The molecule has 0 aliphatic rings. The van der Waals surface area contributed by atoms with E-state index in [1.807, 2.05) is 0 Å². The average molecular weight is 443 g/mol. The second-order valence-electron chi connectivity index (χ2n) is 7.77. The van der Waals surface area contributed by atoms with Crippen LogP contribution < -0.4 is 10.6 Å². The zero-order valence-electron chi connectivity index (χ0n) is 18.5. The lowest BCUT2D eigenvalue weighted by Crippen LogP contribution is -2.26. The van der Waals surface area contributed by atoms with Crippen molar-refractivity contribution in [2.24, 2.45) is 0 Å². The number of hydrogen-bond acceptors (Lipinski definition) is 5. The molecule has 7 heteroatoms. The topological polar surface area (TPSA) is 108 Å². The highest BCUT2D eigenvalue weighted by molar-refractivity contribution is 5.79. The summed E-state index contributed by atoms with van der Waals surface area (Å²) in [6, 6.07) is 13.3. The van der Waals surface area contributed by atoms with Gasteiger partial charge in [-0.15, -0.1) is 0 Å². The van der Waals surface area contributed by atoms with Gasteiger partial charge in [-0.25, -0.2) is 0 Å². The normalized spacial score (nSPS) is 10.6. The summed E-state index contributed by atoms with van der Waals surface area (Å²) in [5, 5.41) is 24.3. The van der Waals surface area contributed by atoms with Crippen LogP contribution in [0.3, 0.4) is 0 Å². The molecule has 7 nitrogen and oxygen atoms in total. The third-order valence-corrected chi connectivity index (χ3v) is 4.93. The van der Waals surface area contributed by atoms with Gasteiger partial charge in [0.1, 0.15) is 11.5 Å². The summed E-state index contributed by atoms with van der Waals surface area (Å²) >= 11 is 0. The molecule has 0 radical (unpaired) electrons. The predicted molar refractivity (Wildman–Crippen MR) is 124 cm³/mol. The molecule has 2 rings (SSSR count). The van der Waals surface area contributed by atoms with Gasteiger partial charge in [-0.3, -0.25) is 9.59 Å². The second-order valence-corrected chi connectivity index (χ2v) is 7.77. The molecular weight excluding hydrogens is 408 g/mol. The number of phenols is 2. The van der Waals surface area contributed by atoms with E-state index in [1.54, 1.807) is 48.5 Å². The second kappa shape index (κ2) is 14.9. The third kappa shape index (κ3) is 11.4. The SMILES string of the molecule is O=C(Cc1ccc(O)cc1)NCCCCCCOCCCNC(=O)Cc1ccc(O)cc1. The Morgan fingerprint density at radius 3 is 1.59 bits per heavy atom. The Morgan fingerprint density at radius 2 is 1.06 bits per heavy atom. The first-order valence-corrected chi connectivity index (χ1v) is 11.2. The summed E-state index contributed by atoms with van der Waals surface area (Å²) in [5.74, 6) is 0.354. The van der Waals surface area contributed by atoms with Crippen molar-refractivity contribution < 1.29 is 24.5 Å². The van der Waals surface area contributed by atoms with E-state index in [0.29, 0.717) is 39.1 Å². The van der Waals surface area contributed by atoms with Crippen molar-refractivity contribution in [2.75, 3.05) is 26.3 Å². The molecule has 0 aromatic heterocycles. The minimum atomic E-state index is -0.0363. The van der Waals surface area contributed by atoms with Crippen LogP contribution in [0.1, 0.15) is 43.2 Å². The van der Waals surface area contributed by atoms with Crippen molar-refractivity contribution in [1.82, 2.24) is 10.6 Å². The molecule has 0 spiro atoms. The van der Waals surface area contributed by atoms with E-state index in [0.717, 1.165) is 43.2 Å². The molecule has 0 heterocycles. The number of amides is 2. The zero-order chi connectivity index (χ0) is 23.0. The maximum absolute atomic E-state index is 11.9. The first-order valence-electron chi connectivity index (χ1n) is 11.2. The van der Waals surface area contributed by atoms with Gasteiger partial charge in [0, 0.05) is 26.3 Å². The molecule has 0 unspecified atom stereocenters. The summed E-state index contributed by atoms with van der Waals surface area (Å²) in [6.07, 6.45) is 5.41. The number of nitrogens with one attached hydrogen (secondary N) is 2. The van der Waals surface area contributed by atoms with Gasteiger partial charge in [0.2, 0.25) is 11.8 Å². The fraction of sp³-hybridized carbons (Fsp3) is 0.440. The van der Waals surface area contributed by atoms with Gasteiger partial charge >= 0.3 is 0 Å². The highest BCUT2D eigenvalue weighted by Crippen LogP contribution is 2.10. The molecule has 2 aromatic carbocycles. The lowest BCUT2D eigenvalue weighted by atomic mass is 10.1.